The van der Waals surface area contributed by atoms with E-state index in [1.165, 1.54) is 36.5 Å². The van der Waals surface area contributed by atoms with Crippen LogP contribution in [0.5, 0.6) is 0 Å². The Labute approximate surface area is 166 Å². The second-order valence-corrected chi connectivity index (χ2v) is 6.34. The summed E-state index contributed by atoms with van der Waals surface area (Å²) in [6.45, 7) is 0.466. The second kappa shape index (κ2) is 9.54. The van der Waals surface area contributed by atoms with E-state index in [0.29, 0.717) is 12.0 Å². The monoisotopic (exact) mass is 395 g/mol. The Morgan fingerprint density at radius 3 is 2.41 bits per heavy atom. The molecule has 5 nitrogen and oxygen atoms in total. The molecule has 0 aliphatic carbocycles. The maximum Gasteiger partial charge on any atom is 0.269 e. The van der Waals surface area contributed by atoms with Crippen LogP contribution in [0.3, 0.4) is 0 Å². The number of rotatable bonds is 7. The Kier molecular flexibility index (Phi) is 6.63. The van der Waals surface area contributed by atoms with Crippen LogP contribution in [-0.4, -0.2) is 23.3 Å². The van der Waals surface area contributed by atoms with Gasteiger partial charge in [0, 0.05) is 24.8 Å². The quantitative estimate of drug-likeness (QED) is 0.645. The van der Waals surface area contributed by atoms with Crippen molar-refractivity contribution in [3.63, 3.8) is 0 Å². The Bertz CT molecular complexity index is 1010. The molecule has 2 amide bonds. The van der Waals surface area contributed by atoms with Gasteiger partial charge in [0.2, 0.25) is 0 Å². The average Bonchev–Trinajstić information content (AvgIpc) is 2.74. The zero-order chi connectivity index (χ0) is 20.6. The molecule has 0 aliphatic rings. The van der Waals surface area contributed by atoms with Crippen molar-refractivity contribution in [3.05, 3.63) is 101 Å². The fourth-order valence-corrected chi connectivity index (χ4v) is 2.69. The summed E-state index contributed by atoms with van der Waals surface area (Å²) in [5.74, 6) is -1.49. The van der Waals surface area contributed by atoms with E-state index in [1.807, 2.05) is 0 Å². The molecule has 2 N–H and O–H groups in total. The molecule has 0 unspecified atom stereocenters. The Hall–Kier alpha value is -3.61. The molecule has 3 aromatic rings. The van der Waals surface area contributed by atoms with E-state index in [9.17, 15) is 18.4 Å². The first-order chi connectivity index (χ1) is 14.0. The van der Waals surface area contributed by atoms with Crippen molar-refractivity contribution in [2.24, 2.45) is 0 Å². The molecule has 0 aliphatic heterocycles. The van der Waals surface area contributed by atoms with Gasteiger partial charge in [0.15, 0.2) is 0 Å². The van der Waals surface area contributed by atoms with Gasteiger partial charge in [0.25, 0.3) is 11.8 Å². The van der Waals surface area contributed by atoms with E-state index >= 15 is 0 Å². The standard InChI is InChI=1S/C22H19F2N3O2/c23-18-7-5-15(6-8-18)14-27-21(28)17-10-11-25-20(13-17)22(29)26-12-9-16-3-1-2-4-19(16)24/h1-8,10-11,13H,9,12,14H2,(H,26,29)(H,27,28). The molecule has 0 saturated carbocycles. The number of nitrogens with zero attached hydrogens (tertiary/aromatic N) is 1. The number of halogens is 2. The minimum Gasteiger partial charge on any atom is -0.350 e. The number of hydrogen-bond donors (Lipinski definition) is 2. The first kappa shape index (κ1) is 20.1. The largest absolute Gasteiger partial charge is 0.350 e. The molecular weight excluding hydrogens is 376 g/mol. The number of hydrogen-bond acceptors (Lipinski definition) is 3. The number of benzene rings is 2. The van der Waals surface area contributed by atoms with Gasteiger partial charge in [0.1, 0.15) is 17.3 Å². The molecule has 3 rings (SSSR count). The zero-order valence-electron chi connectivity index (χ0n) is 15.5. The van der Waals surface area contributed by atoms with Gasteiger partial charge < -0.3 is 10.6 Å². The zero-order valence-corrected chi connectivity index (χ0v) is 15.5. The molecular formula is C22H19F2N3O2. The molecule has 0 radical (unpaired) electrons. The van der Waals surface area contributed by atoms with E-state index in [1.54, 1.807) is 30.3 Å². The summed E-state index contributed by atoms with van der Waals surface area (Å²) in [6.07, 6.45) is 1.72. The third-order valence-corrected chi connectivity index (χ3v) is 4.26. The van der Waals surface area contributed by atoms with Crippen LogP contribution in [-0.2, 0) is 13.0 Å². The van der Waals surface area contributed by atoms with Gasteiger partial charge in [-0.3, -0.25) is 14.6 Å². The van der Waals surface area contributed by atoms with Crippen LogP contribution in [0.4, 0.5) is 8.78 Å². The van der Waals surface area contributed by atoms with Crippen LogP contribution in [0.15, 0.2) is 66.9 Å². The lowest BCUT2D eigenvalue weighted by molar-refractivity contribution is 0.0949. The van der Waals surface area contributed by atoms with Crippen LogP contribution in [0.1, 0.15) is 32.0 Å². The molecule has 0 saturated heterocycles. The maximum atomic E-state index is 13.6. The SMILES string of the molecule is O=C(NCc1ccc(F)cc1)c1ccnc(C(=O)NCCc2ccccc2F)c1. The Balaban J connectivity index is 1.55. The summed E-state index contributed by atoms with van der Waals surface area (Å²) in [5, 5.41) is 5.38. The van der Waals surface area contributed by atoms with E-state index in [2.05, 4.69) is 15.6 Å². The van der Waals surface area contributed by atoms with Crippen LogP contribution in [0.2, 0.25) is 0 Å². The van der Waals surface area contributed by atoms with Crippen LogP contribution < -0.4 is 10.6 Å². The highest BCUT2D eigenvalue weighted by Gasteiger charge is 2.12. The van der Waals surface area contributed by atoms with Crippen LogP contribution in [0, 0.1) is 11.6 Å². The molecule has 0 atom stereocenters. The van der Waals surface area contributed by atoms with Crippen molar-refractivity contribution in [2.75, 3.05) is 6.54 Å². The highest BCUT2D eigenvalue weighted by molar-refractivity contribution is 5.98. The van der Waals surface area contributed by atoms with Crippen LogP contribution in [0.25, 0.3) is 0 Å². The van der Waals surface area contributed by atoms with Crippen LogP contribution >= 0.6 is 0 Å². The van der Waals surface area contributed by atoms with Gasteiger partial charge in [-0.15, -0.1) is 0 Å². The van der Waals surface area contributed by atoms with Crippen molar-refractivity contribution >= 4 is 11.8 Å². The number of pyridine rings is 1. The molecule has 0 bridgehead atoms. The molecule has 29 heavy (non-hydrogen) atoms. The van der Waals surface area contributed by atoms with Gasteiger partial charge >= 0.3 is 0 Å². The number of aromatic nitrogens is 1. The molecule has 1 aromatic heterocycles. The maximum absolute atomic E-state index is 13.6. The number of carbonyl (C=O) groups excluding carboxylic acids is 2. The highest BCUT2D eigenvalue weighted by atomic mass is 19.1. The lowest BCUT2D eigenvalue weighted by Crippen LogP contribution is -2.28. The van der Waals surface area contributed by atoms with Crippen molar-refractivity contribution in [2.45, 2.75) is 13.0 Å². The van der Waals surface area contributed by atoms with E-state index in [-0.39, 0.29) is 41.9 Å². The minimum atomic E-state index is -0.450. The van der Waals surface area contributed by atoms with E-state index < -0.39 is 5.91 Å². The normalized spacial score (nSPS) is 10.4. The molecule has 2 aromatic carbocycles. The molecule has 0 fully saturated rings. The fraction of sp³-hybridized carbons (Fsp3) is 0.136. The minimum absolute atomic E-state index is 0.0907. The van der Waals surface area contributed by atoms with Gasteiger partial charge in [0.05, 0.1) is 0 Å². The summed E-state index contributed by atoms with van der Waals surface area (Å²) in [7, 11) is 0. The Morgan fingerprint density at radius 2 is 1.66 bits per heavy atom. The predicted octanol–water partition coefficient (Wildman–Crippen LogP) is 3.26. The predicted molar refractivity (Wildman–Crippen MR) is 104 cm³/mol. The summed E-state index contributed by atoms with van der Waals surface area (Å²) in [5.41, 5.74) is 1.63. The van der Waals surface area contributed by atoms with E-state index in [0.717, 1.165) is 5.56 Å². The van der Waals surface area contributed by atoms with Gasteiger partial charge in [-0.2, -0.15) is 0 Å². The van der Waals surface area contributed by atoms with Gasteiger partial charge in [-0.1, -0.05) is 30.3 Å². The number of nitrogens with one attached hydrogen (secondary N) is 2. The van der Waals surface area contributed by atoms with Gasteiger partial charge in [-0.25, -0.2) is 8.78 Å². The topological polar surface area (TPSA) is 71.1 Å². The third-order valence-electron chi connectivity index (χ3n) is 4.26. The van der Waals surface area contributed by atoms with Crippen molar-refractivity contribution in [1.82, 2.24) is 15.6 Å². The molecule has 7 heteroatoms. The summed E-state index contributed by atoms with van der Waals surface area (Å²) >= 11 is 0. The summed E-state index contributed by atoms with van der Waals surface area (Å²) in [6, 6.07) is 15.0. The van der Waals surface area contributed by atoms with Gasteiger partial charge in [-0.05, 0) is 47.9 Å². The number of carbonyl (C=O) groups is 2. The summed E-state index contributed by atoms with van der Waals surface area (Å²) < 4.78 is 26.5. The van der Waals surface area contributed by atoms with E-state index in [4.69, 9.17) is 0 Å². The van der Waals surface area contributed by atoms with Crippen molar-refractivity contribution in [1.29, 1.82) is 0 Å². The fourth-order valence-electron chi connectivity index (χ4n) is 2.69. The average molecular weight is 395 g/mol. The second-order valence-electron chi connectivity index (χ2n) is 6.34. The molecule has 0 spiro atoms. The first-order valence-electron chi connectivity index (χ1n) is 9.03. The lowest BCUT2D eigenvalue weighted by Gasteiger charge is -2.08. The first-order valence-corrected chi connectivity index (χ1v) is 9.03. The van der Waals surface area contributed by atoms with Crippen molar-refractivity contribution in [3.8, 4) is 0 Å². The Morgan fingerprint density at radius 1 is 0.897 bits per heavy atom. The highest BCUT2D eigenvalue weighted by Crippen LogP contribution is 2.07. The van der Waals surface area contributed by atoms with Crippen molar-refractivity contribution < 1.29 is 18.4 Å². The summed E-state index contributed by atoms with van der Waals surface area (Å²) in [4.78, 5) is 28.6. The third kappa shape index (κ3) is 5.68. The molecule has 148 valence electrons. The number of amides is 2. The lowest BCUT2D eigenvalue weighted by atomic mass is 10.1. The smallest absolute Gasteiger partial charge is 0.269 e. The molecule has 1 heterocycles.